The fraction of sp³-hybridized carbons (Fsp3) is 0.333. The number of guanidine groups is 1. The first kappa shape index (κ1) is 22.0. The number of nitrogens with one attached hydrogen (secondary N) is 2. The number of ether oxygens (including phenoxy) is 1. The van der Waals surface area contributed by atoms with Crippen LogP contribution in [-0.2, 0) is 13.0 Å². The molecule has 2 heterocycles. The van der Waals surface area contributed by atoms with Gasteiger partial charge >= 0.3 is 0 Å². The van der Waals surface area contributed by atoms with Crippen molar-refractivity contribution in [3.05, 3.63) is 65.6 Å². The molecule has 0 spiro atoms. The molecule has 0 fully saturated rings. The maximum absolute atomic E-state index is 5.67. The highest BCUT2D eigenvalue weighted by Gasteiger charge is 2.06. The topological polar surface area (TPSA) is 63.0 Å². The number of rotatable bonds is 7. The average Bonchev–Trinajstić information content (AvgIpc) is 3.10. The summed E-state index contributed by atoms with van der Waals surface area (Å²) in [5, 5.41) is 6.69. The maximum Gasteiger partial charge on any atom is 0.191 e. The summed E-state index contributed by atoms with van der Waals surface area (Å²) in [6.07, 6.45) is 4.94. The Morgan fingerprint density at radius 1 is 1.18 bits per heavy atom. The van der Waals surface area contributed by atoms with Gasteiger partial charge in [-0.25, -0.2) is 4.98 Å². The van der Waals surface area contributed by atoms with Gasteiger partial charge in [0.15, 0.2) is 5.96 Å². The molecule has 28 heavy (non-hydrogen) atoms. The van der Waals surface area contributed by atoms with Crippen molar-refractivity contribution in [1.82, 2.24) is 20.0 Å². The van der Waals surface area contributed by atoms with Gasteiger partial charge in [0.05, 0.1) is 12.3 Å². The molecule has 0 aliphatic carbocycles. The maximum atomic E-state index is 5.67. The number of fused-ring (bicyclic) bond motifs is 1. The van der Waals surface area contributed by atoms with E-state index in [-0.39, 0.29) is 24.0 Å². The number of aliphatic imine (C=N–C) groups is 1. The molecule has 2 aromatic heterocycles. The van der Waals surface area contributed by atoms with Crippen LogP contribution >= 0.6 is 24.0 Å². The van der Waals surface area contributed by atoms with E-state index >= 15 is 0 Å². The zero-order valence-corrected chi connectivity index (χ0v) is 18.9. The van der Waals surface area contributed by atoms with Crippen LogP contribution in [0.25, 0.3) is 5.65 Å². The Bertz CT molecular complexity index is 922. The first-order valence-corrected chi connectivity index (χ1v) is 9.29. The fourth-order valence-corrected chi connectivity index (χ4v) is 2.98. The summed E-state index contributed by atoms with van der Waals surface area (Å²) in [4.78, 5) is 9.00. The highest BCUT2D eigenvalue weighted by atomic mass is 127. The highest BCUT2D eigenvalue weighted by molar-refractivity contribution is 14.0. The molecule has 0 atom stereocenters. The minimum atomic E-state index is 0. The zero-order chi connectivity index (χ0) is 19.1. The van der Waals surface area contributed by atoms with Crippen LogP contribution in [-0.4, -0.2) is 35.5 Å². The summed E-state index contributed by atoms with van der Waals surface area (Å²) in [7, 11) is 1.78. The van der Waals surface area contributed by atoms with Crippen molar-refractivity contribution in [3.63, 3.8) is 0 Å². The monoisotopic (exact) mass is 493 g/mol. The molecule has 7 heteroatoms. The van der Waals surface area contributed by atoms with Crippen LogP contribution in [0.5, 0.6) is 5.75 Å². The van der Waals surface area contributed by atoms with Gasteiger partial charge in [-0.05, 0) is 31.5 Å². The van der Waals surface area contributed by atoms with E-state index in [0.717, 1.165) is 41.6 Å². The van der Waals surface area contributed by atoms with Gasteiger partial charge in [-0.2, -0.15) is 0 Å². The number of aryl methyl sites for hydroxylation is 1. The molecule has 1 aromatic carbocycles. The van der Waals surface area contributed by atoms with Crippen molar-refractivity contribution in [2.24, 2.45) is 4.99 Å². The number of nitrogens with zero attached hydrogens (tertiary/aromatic N) is 3. The molecule has 0 aliphatic heterocycles. The molecule has 3 aromatic rings. The lowest BCUT2D eigenvalue weighted by molar-refractivity contribution is 0.336. The van der Waals surface area contributed by atoms with Crippen LogP contribution < -0.4 is 15.4 Å². The molecule has 0 bridgehead atoms. The number of aromatic nitrogens is 2. The highest BCUT2D eigenvalue weighted by Crippen LogP contribution is 2.17. The van der Waals surface area contributed by atoms with Crippen molar-refractivity contribution >= 4 is 35.6 Å². The van der Waals surface area contributed by atoms with E-state index in [4.69, 9.17) is 9.72 Å². The van der Waals surface area contributed by atoms with Gasteiger partial charge in [-0.3, -0.25) is 4.99 Å². The number of halogens is 1. The van der Waals surface area contributed by atoms with Gasteiger partial charge in [0, 0.05) is 44.5 Å². The normalized spacial score (nSPS) is 11.2. The lowest BCUT2D eigenvalue weighted by atomic mass is 10.2. The molecule has 3 rings (SSSR count). The average molecular weight is 493 g/mol. The van der Waals surface area contributed by atoms with E-state index in [2.05, 4.69) is 45.3 Å². The Morgan fingerprint density at radius 3 is 2.75 bits per heavy atom. The Morgan fingerprint density at radius 2 is 2.00 bits per heavy atom. The Labute approximate surface area is 183 Å². The molecule has 150 valence electrons. The third-order valence-corrected chi connectivity index (χ3v) is 4.34. The predicted molar refractivity (Wildman–Crippen MR) is 125 cm³/mol. The Balaban J connectivity index is 0.00000280. The fourth-order valence-electron chi connectivity index (χ4n) is 2.98. The number of hydrogen-bond acceptors (Lipinski definition) is 3. The molecular weight excluding hydrogens is 465 g/mol. The van der Waals surface area contributed by atoms with E-state index in [1.165, 1.54) is 5.56 Å². The quantitative estimate of drug-likeness (QED) is 0.300. The molecule has 0 radical (unpaired) electrons. The molecule has 0 saturated carbocycles. The second-order valence-electron chi connectivity index (χ2n) is 6.30. The molecular formula is C21H28IN5O. The second kappa shape index (κ2) is 10.9. The summed E-state index contributed by atoms with van der Waals surface area (Å²) in [5.41, 5.74) is 4.37. The van der Waals surface area contributed by atoms with Gasteiger partial charge in [0.25, 0.3) is 0 Å². The van der Waals surface area contributed by atoms with Crippen molar-refractivity contribution in [2.45, 2.75) is 26.8 Å². The third-order valence-electron chi connectivity index (χ3n) is 4.34. The lowest BCUT2D eigenvalue weighted by Crippen LogP contribution is -2.38. The standard InChI is InChI=1S/C21H27N5O.HI/c1-4-27-19-10-6-5-9-17(19)14-24-21(22-3)23-12-11-18-15-26-13-7-8-16(2)20(26)25-18;/h5-10,13,15H,4,11-12,14H2,1-3H3,(H2,22,23,24);1H. The Hall–Kier alpha value is -2.29. The van der Waals surface area contributed by atoms with Crippen molar-refractivity contribution in [1.29, 1.82) is 0 Å². The summed E-state index contributed by atoms with van der Waals surface area (Å²) in [6.45, 7) is 6.14. The minimum absolute atomic E-state index is 0. The van der Waals surface area contributed by atoms with Crippen LogP contribution in [0.15, 0.2) is 53.8 Å². The van der Waals surface area contributed by atoms with Crippen molar-refractivity contribution in [3.8, 4) is 5.75 Å². The number of pyridine rings is 1. The van der Waals surface area contributed by atoms with Gasteiger partial charge < -0.3 is 19.8 Å². The number of benzene rings is 1. The van der Waals surface area contributed by atoms with E-state index in [1.807, 2.05) is 37.4 Å². The molecule has 0 aliphatic rings. The summed E-state index contributed by atoms with van der Waals surface area (Å²) >= 11 is 0. The molecule has 0 unspecified atom stereocenters. The van der Waals surface area contributed by atoms with Crippen LogP contribution in [0, 0.1) is 6.92 Å². The first-order valence-electron chi connectivity index (χ1n) is 9.29. The summed E-state index contributed by atoms with van der Waals surface area (Å²) in [6, 6.07) is 12.2. The van der Waals surface area contributed by atoms with Crippen LogP contribution in [0.4, 0.5) is 0 Å². The lowest BCUT2D eigenvalue weighted by Gasteiger charge is -2.14. The van der Waals surface area contributed by atoms with E-state index in [0.29, 0.717) is 13.2 Å². The SMILES string of the molecule is CCOc1ccccc1CNC(=NC)NCCc1cn2cccc(C)c2n1.I. The first-order chi connectivity index (χ1) is 13.2. The third kappa shape index (κ3) is 5.60. The number of hydrogen-bond donors (Lipinski definition) is 2. The number of para-hydroxylation sites is 1. The predicted octanol–water partition coefficient (Wildman–Crippen LogP) is 3.57. The molecule has 0 saturated heterocycles. The van der Waals surface area contributed by atoms with E-state index in [1.54, 1.807) is 7.05 Å². The smallest absolute Gasteiger partial charge is 0.191 e. The molecule has 0 amide bonds. The summed E-state index contributed by atoms with van der Waals surface area (Å²) < 4.78 is 7.74. The van der Waals surface area contributed by atoms with Crippen LogP contribution in [0.1, 0.15) is 23.7 Å². The van der Waals surface area contributed by atoms with Gasteiger partial charge in [0.1, 0.15) is 11.4 Å². The minimum Gasteiger partial charge on any atom is -0.494 e. The zero-order valence-electron chi connectivity index (χ0n) is 16.6. The van der Waals surface area contributed by atoms with Gasteiger partial charge in [-0.1, -0.05) is 24.3 Å². The van der Waals surface area contributed by atoms with Crippen molar-refractivity contribution in [2.75, 3.05) is 20.2 Å². The molecule has 2 N–H and O–H groups in total. The largest absolute Gasteiger partial charge is 0.494 e. The second-order valence-corrected chi connectivity index (χ2v) is 6.30. The van der Waals surface area contributed by atoms with Gasteiger partial charge in [-0.15, -0.1) is 24.0 Å². The van der Waals surface area contributed by atoms with Crippen LogP contribution in [0.2, 0.25) is 0 Å². The van der Waals surface area contributed by atoms with E-state index < -0.39 is 0 Å². The molecule has 6 nitrogen and oxygen atoms in total. The van der Waals surface area contributed by atoms with Crippen molar-refractivity contribution < 1.29 is 4.74 Å². The number of imidazole rings is 1. The van der Waals surface area contributed by atoms with Crippen LogP contribution in [0.3, 0.4) is 0 Å². The Kier molecular flexibility index (Phi) is 8.56. The summed E-state index contributed by atoms with van der Waals surface area (Å²) in [5.74, 6) is 1.67. The van der Waals surface area contributed by atoms with Gasteiger partial charge in [0.2, 0.25) is 0 Å². The van der Waals surface area contributed by atoms with E-state index in [9.17, 15) is 0 Å².